The molecular weight excluding hydrogens is 230 g/mol. The Balaban J connectivity index is 2.32. The molecule has 108 valence electrons. The van der Waals surface area contributed by atoms with Crippen LogP contribution in [0.1, 0.15) is 64.5 Å². The first-order chi connectivity index (χ1) is 9.10. The third-order valence-corrected chi connectivity index (χ3v) is 4.19. The molecule has 0 atom stereocenters. The Bertz CT molecular complexity index is 337. The van der Waals surface area contributed by atoms with E-state index in [2.05, 4.69) is 57.3 Å². The number of benzene rings is 1. The lowest BCUT2D eigenvalue weighted by Crippen LogP contribution is -2.15. The van der Waals surface area contributed by atoms with Gasteiger partial charge in [0, 0.05) is 0 Å². The Morgan fingerprint density at radius 1 is 0.947 bits per heavy atom. The van der Waals surface area contributed by atoms with E-state index in [0.717, 1.165) is 6.54 Å². The van der Waals surface area contributed by atoms with Gasteiger partial charge in [-0.1, -0.05) is 58.4 Å². The number of hydrogen-bond acceptors (Lipinski definition) is 1. The number of aryl methyl sites for hydroxylation is 1. The molecule has 1 aromatic carbocycles. The Morgan fingerprint density at radius 3 is 2.21 bits per heavy atom. The zero-order valence-corrected chi connectivity index (χ0v) is 13.3. The van der Waals surface area contributed by atoms with Gasteiger partial charge in [0.05, 0.1) is 0 Å². The predicted octanol–water partition coefficient (Wildman–Crippen LogP) is 4.70. The molecule has 0 amide bonds. The summed E-state index contributed by atoms with van der Waals surface area (Å²) in [6, 6.07) is 9.27. The molecule has 19 heavy (non-hydrogen) atoms. The van der Waals surface area contributed by atoms with Gasteiger partial charge in [0.25, 0.3) is 0 Å². The molecular formula is C18H31N. The van der Waals surface area contributed by atoms with Crippen molar-refractivity contribution in [2.45, 2.75) is 65.2 Å². The first-order valence-corrected chi connectivity index (χ1v) is 7.90. The average Bonchev–Trinajstić information content (AvgIpc) is 2.43. The summed E-state index contributed by atoms with van der Waals surface area (Å²) in [5.41, 5.74) is 3.26. The van der Waals surface area contributed by atoms with Gasteiger partial charge in [-0.25, -0.2) is 0 Å². The third-order valence-electron chi connectivity index (χ3n) is 4.19. The van der Waals surface area contributed by atoms with Crippen molar-refractivity contribution in [3.8, 4) is 0 Å². The molecule has 0 radical (unpaired) electrons. The molecule has 1 N–H and O–H groups in total. The van der Waals surface area contributed by atoms with Gasteiger partial charge < -0.3 is 5.32 Å². The molecule has 0 aliphatic carbocycles. The van der Waals surface area contributed by atoms with Crippen LogP contribution in [0.15, 0.2) is 24.3 Å². The van der Waals surface area contributed by atoms with Gasteiger partial charge in [-0.15, -0.1) is 0 Å². The van der Waals surface area contributed by atoms with E-state index in [-0.39, 0.29) is 0 Å². The second-order valence-electron chi connectivity index (χ2n) is 6.10. The molecule has 0 heterocycles. The highest BCUT2D eigenvalue weighted by Crippen LogP contribution is 2.26. The molecule has 1 aromatic rings. The van der Waals surface area contributed by atoms with E-state index < -0.39 is 0 Å². The summed E-state index contributed by atoms with van der Waals surface area (Å²) >= 11 is 0. The molecule has 1 nitrogen and oxygen atoms in total. The van der Waals surface area contributed by atoms with Crippen molar-refractivity contribution in [1.29, 1.82) is 0 Å². The van der Waals surface area contributed by atoms with Crippen LogP contribution < -0.4 is 5.32 Å². The lowest BCUT2D eigenvalue weighted by Gasteiger charge is -2.23. The quantitative estimate of drug-likeness (QED) is 0.636. The van der Waals surface area contributed by atoms with Crippen LogP contribution in [0, 0.1) is 0 Å². The zero-order chi connectivity index (χ0) is 14.1. The summed E-state index contributed by atoms with van der Waals surface area (Å²) in [4.78, 5) is 0. The maximum Gasteiger partial charge on any atom is -0.00490 e. The molecule has 0 unspecified atom stereocenters. The molecule has 0 spiro atoms. The average molecular weight is 261 g/mol. The third kappa shape index (κ3) is 5.78. The monoisotopic (exact) mass is 261 g/mol. The Hall–Kier alpha value is -0.820. The van der Waals surface area contributed by atoms with Crippen LogP contribution in [-0.2, 0) is 11.8 Å². The minimum atomic E-state index is 0.310. The molecule has 0 aromatic heterocycles. The van der Waals surface area contributed by atoms with E-state index in [1.807, 2.05) is 0 Å². The lowest BCUT2D eigenvalue weighted by molar-refractivity contribution is 0.506. The predicted molar refractivity (Wildman–Crippen MR) is 85.9 cm³/mol. The van der Waals surface area contributed by atoms with E-state index in [4.69, 9.17) is 0 Å². The summed E-state index contributed by atoms with van der Waals surface area (Å²) in [6.07, 6.45) is 6.35. The van der Waals surface area contributed by atoms with Crippen molar-refractivity contribution in [2.75, 3.05) is 13.1 Å². The smallest absolute Gasteiger partial charge is 0.00490 e. The molecule has 0 bridgehead atoms. The van der Waals surface area contributed by atoms with Gasteiger partial charge in [0.1, 0.15) is 0 Å². The number of nitrogens with one attached hydrogen (secondary N) is 1. The largest absolute Gasteiger partial charge is 0.317 e. The topological polar surface area (TPSA) is 12.0 Å². The number of unbranched alkanes of at least 4 members (excludes halogenated alkanes) is 2. The highest BCUT2D eigenvalue weighted by atomic mass is 14.8. The van der Waals surface area contributed by atoms with E-state index >= 15 is 0 Å². The van der Waals surface area contributed by atoms with Gasteiger partial charge in [0.2, 0.25) is 0 Å². The fourth-order valence-corrected chi connectivity index (χ4v) is 2.26. The lowest BCUT2D eigenvalue weighted by atomic mass is 9.82. The van der Waals surface area contributed by atoms with Crippen LogP contribution in [0.5, 0.6) is 0 Å². The maximum atomic E-state index is 3.38. The molecule has 0 saturated heterocycles. The van der Waals surface area contributed by atoms with Crippen LogP contribution in [0.25, 0.3) is 0 Å². The van der Waals surface area contributed by atoms with Gasteiger partial charge in [-0.05, 0) is 55.3 Å². The summed E-state index contributed by atoms with van der Waals surface area (Å²) in [5, 5.41) is 3.38. The molecule has 1 heteroatoms. The first-order valence-electron chi connectivity index (χ1n) is 7.90. The summed E-state index contributed by atoms with van der Waals surface area (Å²) < 4.78 is 0. The van der Waals surface area contributed by atoms with Gasteiger partial charge in [0.15, 0.2) is 0 Å². The van der Waals surface area contributed by atoms with E-state index in [9.17, 15) is 0 Å². The second kappa shape index (κ2) is 8.37. The fraction of sp³-hybridized carbons (Fsp3) is 0.667. The van der Waals surface area contributed by atoms with Gasteiger partial charge in [-0.3, -0.25) is 0 Å². The van der Waals surface area contributed by atoms with E-state index in [0.29, 0.717) is 5.41 Å². The van der Waals surface area contributed by atoms with Crippen molar-refractivity contribution < 1.29 is 0 Å². The summed E-state index contributed by atoms with van der Waals surface area (Å²) in [7, 11) is 0. The fourth-order valence-electron chi connectivity index (χ4n) is 2.26. The van der Waals surface area contributed by atoms with E-state index in [1.165, 1.54) is 49.8 Å². The van der Waals surface area contributed by atoms with Crippen molar-refractivity contribution in [3.05, 3.63) is 35.4 Å². The van der Waals surface area contributed by atoms with Gasteiger partial charge in [-0.2, -0.15) is 0 Å². The minimum Gasteiger partial charge on any atom is -0.317 e. The molecule has 0 fully saturated rings. The van der Waals surface area contributed by atoms with E-state index in [1.54, 1.807) is 0 Å². The highest BCUT2D eigenvalue weighted by molar-refractivity contribution is 5.28. The highest BCUT2D eigenvalue weighted by Gasteiger charge is 2.17. The molecule has 0 aliphatic heterocycles. The SMILES string of the molecule is CCNCCCCCc1ccc(C(C)(C)CC)cc1. The standard InChI is InChI=1S/C18H31N/c1-5-18(3,4)17-13-11-16(12-14-17)10-8-7-9-15-19-6-2/h11-14,19H,5-10,15H2,1-4H3. The van der Waals surface area contributed by atoms with Crippen molar-refractivity contribution >= 4 is 0 Å². The maximum absolute atomic E-state index is 3.38. The van der Waals surface area contributed by atoms with Crippen LogP contribution in [0.3, 0.4) is 0 Å². The molecule has 1 rings (SSSR count). The van der Waals surface area contributed by atoms with Crippen molar-refractivity contribution in [3.63, 3.8) is 0 Å². The zero-order valence-electron chi connectivity index (χ0n) is 13.3. The number of rotatable bonds is 9. The van der Waals surface area contributed by atoms with Crippen molar-refractivity contribution in [2.24, 2.45) is 0 Å². The van der Waals surface area contributed by atoms with Crippen LogP contribution in [-0.4, -0.2) is 13.1 Å². The van der Waals surface area contributed by atoms with Crippen LogP contribution >= 0.6 is 0 Å². The van der Waals surface area contributed by atoms with Crippen molar-refractivity contribution in [1.82, 2.24) is 5.32 Å². The van der Waals surface area contributed by atoms with Gasteiger partial charge >= 0.3 is 0 Å². The second-order valence-corrected chi connectivity index (χ2v) is 6.10. The minimum absolute atomic E-state index is 0.310. The normalized spacial score (nSPS) is 11.8. The van der Waals surface area contributed by atoms with Crippen LogP contribution in [0.4, 0.5) is 0 Å². The Labute approximate surface area is 119 Å². The molecule has 0 saturated carbocycles. The summed E-state index contributed by atoms with van der Waals surface area (Å²) in [5.74, 6) is 0. The Morgan fingerprint density at radius 2 is 1.63 bits per heavy atom. The van der Waals surface area contributed by atoms with Crippen LogP contribution in [0.2, 0.25) is 0 Å². The summed E-state index contributed by atoms with van der Waals surface area (Å²) in [6.45, 7) is 11.3. The Kier molecular flexibility index (Phi) is 7.15. The number of hydrogen-bond donors (Lipinski definition) is 1. The first kappa shape index (κ1) is 16.2. The molecule has 0 aliphatic rings.